The van der Waals surface area contributed by atoms with Gasteiger partial charge in [-0.15, -0.1) is 0 Å². The normalized spacial score (nSPS) is 17.6. The van der Waals surface area contributed by atoms with Crippen LogP contribution in [0.5, 0.6) is 0 Å². The molecule has 2 aromatic rings. The second-order valence-corrected chi connectivity index (χ2v) is 5.73. The number of carbonyl (C=O) groups excluding carboxylic acids is 1. The average molecular weight is 296 g/mol. The third-order valence-electron chi connectivity index (χ3n) is 4.29. The van der Waals surface area contributed by atoms with Crippen LogP contribution in [0.25, 0.3) is 0 Å². The number of amides is 1. The first-order chi connectivity index (χ1) is 10.8. The van der Waals surface area contributed by atoms with Gasteiger partial charge in [0.1, 0.15) is 0 Å². The molecule has 4 heteroatoms. The van der Waals surface area contributed by atoms with Crippen LogP contribution in [0.4, 0.5) is 0 Å². The van der Waals surface area contributed by atoms with Crippen molar-refractivity contribution in [3.8, 4) is 0 Å². The van der Waals surface area contributed by atoms with Gasteiger partial charge in [0.2, 0.25) is 0 Å². The molecule has 0 bridgehead atoms. The van der Waals surface area contributed by atoms with E-state index in [-0.39, 0.29) is 17.6 Å². The number of rotatable bonds is 4. The molecular weight excluding hydrogens is 276 g/mol. The van der Waals surface area contributed by atoms with Crippen molar-refractivity contribution in [2.75, 3.05) is 6.54 Å². The average Bonchev–Trinajstić information content (AvgIpc) is 3.02. The van der Waals surface area contributed by atoms with Gasteiger partial charge in [-0.2, -0.15) is 4.73 Å². The Balaban J connectivity index is 1.68. The summed E-state index contributed by atoms with van der Waals surface area (Å²) in [5, 5.41) is 11.8. The standard InChI is InChI=1S/C18H20N2O2/c21-18(17-10-4-5-14-20(17)22)19-13-6-9-16(19)12-11-15-7-2-1-3-8-15/h1-5,7-8,10,14,16H,6,9,11-13H2. The molecule has 0 spiro atoms. The summed E-state index contributed by atoms with van der Waals surface area (Å²) in [4.78, 5) is 14.5. The molecule has 0 saturated carbocycles. The molecule has 0 N–H and O–H groups in total. The van der Waals surface area contributed by atoms with Crippen LogP contribution in [0.3, 0.4) is 0 Å². The van der Waals surface area contributed by atoms with Crippen molar-refractivity contribution in [2.24, 2.45) is 0 Å². The number of hydrogen-bond donors (Lipinski definition) is 0. The first-order valence-electron chi connectivity index (χ1n) is 7.79. The maximum atomic E-state index is 12.6. The highest BCUT2D eigenvalue weighted by molar-refractivity contribution is 5.91. The van der Waals surface area contributed by atoms with Gasteiger partial charge in [0.15, 0.2) is 6.20 Å². The highest BCUT2D eigenvalue weighted by Gasteiger charge is 2.32. The summed E-state index contributed by atoms with van der Waals surface area (Å²) in [5.74, 6) is -0.147. The van der Waals surface area contributed by atoms with Gasteiger partial charge in [0.05, 0.1) is 0 Å². The Kier molecular flexibility index (Phi) is 4.37. The van der Waals surface area contributed by atoms with Crippen LogP contribution < -0.4 is 4.73 Å². The maximum Gasteiger partial charge on any atom is 0.320 e. The quantitative estimate of drug-likeness (QED) is 0.643. The fourth-order valence-electron chi connectivity index (χ4n) is 3.12. The lowest BCUT2D eigenvalue weighted by molar-refractivity contribution is -0.608. The van der Waals surface area contributed by atoms with E-state index in [9.17, 15) is 10.0 Å². The Morgan fingerprint density at radius 3 is 2.73 bits per heavy atom. The van der Waals surface area contributed by atoms with Gasteiger partial charge >= 0.3 is 5.91 Å². The summed E-state index contributed by atoms with van der Waals surface area (Å²) in [5.41, 5.74) is 1.51. The van der Waals surface area contributed by atoms with Gasteiger partial charge in [-0.3, -0.25) is 4.79 Å². The van der Waals surface area contributed by atoms with Crippen molar-refractivity contribution in [3.63, 3.8) is 0 Å². The van der Waals surface area contributed by atoms with Crippen LogP contribution >= 0.6 is 0 Å². The van der Waals surface area contributed by atoms with E-state index in [1.165, 1.54) is 11.8 Å². The molecule has 0 aliphatic carbocycles. The first kappa shape index (κ1) is 14.6. The SMILES string of the molecule is O=C(c1cccc[n+]1[O-])N1CCCC1CCc1ccccc1. The lowest BCUT2D eigenvalue weighted by Crippen LogP contribution is -2.43. The summed E-state index contributed by atoms with van der Waals surface area (Å²) in [6, 6.07) is 15.5. The minimum atomic E-state index is -0.147. The molecule has 1 amide bonds. The Hall–Kier alpha value is -2.36. The zero-order valence-electron chi connectivity index (χ0n) is 12.5. The predicted molar refractivity (Wildman–Crippen MR) is 84.2 cm³/mol. The van der Waals surface area contributed by atoms with Crippen LogP contribution in [0.2, 0.25) is 0 Å². The van der Waals surface area contributed by atoms with E-state index in [0.29, 0.717) is 4.73 Å². The predicted octanol–water partition coefficient (Wildman–Crippen LogP) is 2.56. The van der Waals surface area contributed by atoms with E-state index in [2.05, 4.69) is 12.1 Å². The number of hydrogen-bond acceptors (Lipinski definition) is 2. The second kappa shape index (κ2) is 6.60. The number of carbonyl (C=O) groups is 1. The fourth-order valence-corrected chi connectivity index (χ4v) is 3.12. The van der Waals surface area contributed by atoms with E-state index in [1.807, 2.05) is 23.1 Å². The number of aromatic nitrogens is 1. The highest BCUT2D eigenvalue weighted by Crippen LogP contribution is 2.23. The maximum absolute atomic E-state index is 12.6. The van der Waals surface area contributed by atoms with Crippen LogP contribution in [-0.4, -0.2) is 23.4 Å². The van der Waals surface area contributed by atoms with Crippen molar-refractivity contribution in [3.05, 3.63) is 71.2 Å². The molecule has 1 fully saturated rings. The zero-order valence-corrected chi connectivity index (χ0v) is 12.5. The molecule has 1 aliphatic rings. The van der Waals surface area contributed by atoms with Gasteiger partial charge in [-0.25, -0.2) is 0 Å². The molecule has 1 aromatic heterocycles. The van der Waals surface area contributed by atoms with Gasteiger partial charge in [-0.1, -0.05) is 30.3 Å². The molecule has 2 heterocycles. The Morgan fingerprint density at radius 1 is 1.18 bits per heavy atom. The molecule has 1 saturated heterocycles. The van der Waals surface area contributed by atoms with E-state index in [1.54, 1.807) is 18.2 Å². The van der Waals surface area contributed by atoms with Gasteiger partial charge in [0.25, 0.3) is 5.69 Å². The third kappa shape index (κ3) is 3.11. The summed E-state index contributed by atoms with van der Waals surface area (Å²) >= 11 is 0. The summed E-state index contributed by atoms with van der Waals surface area (Å²) in [6.07, 6.45) is 5.31. The minimum Gasteiger partial charge on any atom is -0.618 e. The monoisotopic (exact) mass is 296 g/mol. The van der Waals surface area contributed by atoms with Crippen molar-refractivity contribution >= 4 is 5.91 Å². The second-order valence-electron chi connectivity index (χ2n) is 5.73. The van der Waals surface area contributed by atoms with Gasteiger partial charge in [-0.05, 0) is 37.3 Å². The number of benzene rings is 1. The summed E-state index contributed by atoms with van der Waals surface area (Å²) < 4.78 is 0.662. The van der Waals surface area contributed by atoms with E-state index >= 15 is 0 Å². The third-order valence-corrected chi connectivity index (χ3v) is 4.29. The minimum absolute atomic E-state index is 0.147. The molecule has 0 radical (unpaired) electrons. The largest absolute Gasteiger partial charge is 0.618 e. The summed E-state index contributed by atoms with van der Waals surface area (Å²) in [6.45, 7) is 0.743. The van der Waals surface area contributed by atoms with Gasteiger partial charge < -0.3 is 10.1 Å². The fraction of sp³-hybridized carbons (Fsp3) is 0.333. The van der Waals surface area contributed by atoms with E-state index < -0.39 is 0 Å². The molecule has 1 unspecified atom stereocenters. The molecule has 1 aromatic carbocycles. The van der Waals surface area contributed by atoms with Crippen molar-refractivity contribution in [1.82, 2.24) is 4.90 Å². The zero-order chi connectivity index (χ0) is 15.4. The molecule has 3 rings (SSSR count). The Bertz CT molecular complexity index is 643. The van der Waals surface area contributed by atoms with Crippen LogP contribution in [-0.2, 0) is 6.42 Å². The van der Waals surface area contributed by atoms with Crippen LogP contribution in [0.15, 0.2) is 54.7 Å². The molecule has 4 nitrogen and oxygen atoms in total. The molecule has 1 atom stereocenters. The van der Waals surface area contributed by atoms with Crippen molar-refractivity contribution < 1.29 is 9.52 Å². The van der Waals surface area contributed by atoms with E-state index in [0.717, 1.165) is 32.2 Å². The topological polar surface area (TPSA) is 47.2 Å². The summed E-state index contributed by atoms with van der Waals surface area (Å²) in [7, 11) is 0. The van der Waals surface area contributed by atoms with Crippen LogP contribution in [0, 0.1) is 5.21 Å². The number of aryl methyl sites for hydroxylation is 1. The molecular formula is C18H20N2O2. The number of nitrogens with zero attached hydrogens (tertiary/aromatic N) is 2. The highest BCUT2D eigenvalue weighted by atomic mass is 16.5. The number of pyridine rings is 1. The lowest BCUT2D eigenvalue weighted by Gasteiger charge is -2.24. The van der Waals surface area contributed by atoms with Gasteiger partial charge in [0, 0.05) is 24.7 Å². The molecule has 114 valence electrons. The van der Waals surface area contributed by atoms with E-state index in [4.69, 9.17) is 0 Å². The molecule has 22 heavy (non-hydrogen) atoms. The smallest absolute Gasteiger partial charge is 0.320 e. The molecule has 1 aliphatic heterocycles. The lowest BCUT2D eigenvalue weighted by atomic mass is 10.0. The van der Waals surface area contributed by atoms with Crippen LogP contribution in [0.1, 0.15) is 35.3 Å². The Morgan fingerprint density at radius 2 is 1.95 bits per heavy atom. The first-order valence-corrected chi connectivity index (χ1v) is 7.79. The Labute approximate surface area is 130 Å². The van der Waals surface area contributed by atoms with Crippen molar-refractivity contribution in [2.45, 2.75) is 31.7 Å². The number of likely N-dealkylation sites (tertiary alicyclic amines) is 1. The van der Waals surface area contributed by atoms with Crippen molar-refractivity contribution in [1.29, 1.82) is 0 Å².